The topological polar surface area (TPSA) is 173 Å². The van der Waals surface area contributed by atoms with E-state index in [1.54, 1.807) is 31.2 Å². The summed E-state index contributed by atoms with van der Waals surface area (Å²) in [5, 5.41) is 22.9. The number of phenols is 2. The Morgan fingerprint density at radius 1 is 0.468 bits per heavy atom. The fourth-order valence-corrected chi connectivity index (χ4v) is 7.06. The van der Waals surface area contributed by atoms with Crippen LogP contribution < -0.4 is 18.9 Å². The van der Waals surface area contributed by atoms with Crippen molar-refractivity contribution in [3.05, 3.63) is 141 Å². The van der Waals surface area contributed by atoms with Crippen molar-refractivity contribution >= 4 is 23.7 Å². The zero-order valence-electron chi connectivity index (χ0n) is 36.2. The van der Waals surface area contributed by atoms with Crippen LogP contribution in [0.5, 0.6) is 34.5 Å². The molecular formula is C49H52O13. The van der Waals surface area contributed by atoms with Gasteiger partial charge in [-0.2, -0.15) is 0 Å². The first-order chi connectivity index (χ1) is 29.7. The van der Waals surface area contributed by atoms with Crippen LogP contribution in [0.15, 0.2) is 84.9 Å². The van der Waals surface area contributed by atoms with Gasteiger partial charge in [-0.3, -0.25) is 4.79 Å². The molecule has 0 spiro atoms. The van der Waals surface area contributed by atoms with Gasteiger partial charge in [-0.25, -0.2) is 14.4 Å². The van der Waals surface area contributed by atoms with E-state index in [9.17, 15) is 29.4 Å². The molecule has 0 heterocycles. The Hall–Kier alpha value is -7.02. The van der Waals surface area contributed by atoms with E-state index < -0.39 is 23.8 Å². The number of rotatable bonds is 19. The van der Waals surface area contributed by atoms with Gasteiger partial charge >= 0.3 is 17.9 Å². The van der Waals surface area contributed by atoms with Crippen molar-refractivity contribution in [3.63, 3.8) is 0 Å². The standard InChI is InChI=1S/C49H52O13/c1-9-34(50)24-61-43-20-28(2)39(18-30(43)4)49(40-19-31(5)44(21-29(40)3)62-27-47(55)58-8)33-12-10-32(11-13-33)48(37-16-14-35(22-41(37)51)59-25-45(53)56-6)38-17-15-36(23-42(38)52)60-26-46(54)57-7/h10-23,48-49,51-52H,9,24-27H2,1-8H3. The number of ether oxygens (including phenoxy) is 7. The quantitative estimate of drug-likeness (QED) is 0.0471. The second kappa shape index (κ2) is 21.0. The van der Waals surface area contributed by atoms with Crippen molar-refractivity contribution < 1.29 is 62.5 Å². The summed E-state index contributed by atoms with van der Waals surface area (Å²) < 4.78 is 37.0. The van der Waals surface area contributed by atoms with E-state index in [0.717, 1.165) is 38.9 Å². The van der Waals surface area contributed by atoms with Crippen LogP contribution in [-0.2, 0) is 33.4 Å². The number of hydrogen-bond acceptors (Lipinski definition) is 13. The van der Waals surface area contributed by atoms with Crippen LogP contribution in [0.2, 0.25) is 0 Å². The zero-order valence-corrected chi connectivity index (χ0v) is 36.2. The van der Waals surface area contributed by atoms with Gasteiger partial charge in [0, 0.05) is 41.5 Å². The Balaban J connectivity index is 1.64. The van der Waals surface area contributed by atoms with E-state index in [-0.39, 0.29) is 61.1 Å². The maximum Gasteiger partial charge on any atom is 0.343 e. The minimum Gasteiger partial charge on any atom is -0.507 e. The number of benzene rings is 5. The van der Waals surface area contributed by atoms with Gasteiger partial charge in [-0.1, -0.05) is 55.5 Å². The largest absolute Gasteiger partial charge is 0.507 e. The maximum absolute atomic E-state index is 12.1. The van der Waals surface area contributed by atoms with Gasteiger partial charge < -0.3 is 43.4 Å². The molecule has 0 aliphatic heterocycles. The lowest BCUT2D eigenvalue weighted by Gasteiger charge is -2.26. The fourth-order valence-electron chi connectivity index (χ4n) is 7.06. The van der Waals surface area contributed by atoms with Gasteiger partial charge in [0.25, 0.3) is 0 Å². The molecule has 0 amide bonds. The normalized spacial score (nSPS) is 11.4. The van der Waals surface area contributed by atoms with Crippen LogP contribution in [0.1, 0.15) is 80.8 Å². The molecule has 2 N–H and O–H groups in total. The van der Waals surface area contributed by atoms with Crippen LogP contribution in [0.25, 0.3) is 0 Å². The highest BCUT2D eigenvalue weighted by atomic mass is 16.6. The van der Waals surface area contributed by atoms with Crippen molar-refractivity contribution in [2.24, 2.45) is 0 Å². The summed E-state index contributed by atoms with van der Waals surface area (Å²) >= 11 is 0. The Labute approximate surface area is 361 Å². The van der Waals surface area contributed by atoms with Gasteiger partial charge in [0.1, 0.15) is 41.1 Å². The molecule has 1 atom stereocenters. The van der Waals surface area contributed by atoms with Gasteiger partial charge in [-0.05, 0) is 96.5 Å². The Bertz CT molecular complexity index is 2270. The minimum absolute atomic E-state index is 0.00433. The smallest absolute Gasteiger partial charge is 0.343 e. The second-order valence-electron chi connectivity index (χ2n) is 14.7. The average molecular weight is 849 g/mol. The number of phenolic OH excluding ortho intramolecular Hbond substituents is 2. The van der Waals surface area contributed by atoms with Gasteiger partial charge in [0.15, 0.2) is 25.6 Å². The molecule has 0 aromatic heterocycles. The highest BCUT2D eigenvalue weighted by Crippen LogP contribution is 2.45. The fraction of sp³-hybridized carbons (Fsp3) is 0.306. The number of carbonyl (C=O) groups is 4. The minimum atomic E-state index is -0.728. The molecular weight excluding hydrogens is 797 g/mol. The third-order valence-electron chi connectivity index (χ3n) is 10.5. The monoisotopic (exact) mass is 848 g/mol. The molecule has 0 saturated heterocycles. The van der Waals surface area contributed by atoms with Crippen LogP contribution in [0, 0.1) is 27.7 Å². The van der Waals surface area contributed by atoms with E-state index in [2.05, 4.69) is 15.5 Å². The number of aromatic hydroxyl groups is 2. The number of methoxy groups -OCH3 is 3. The zero-order chi connectivity index (χ0) is 45.1. The van der Waals surface area contributed by atoms with Crippen molar-refractivity contribution in [3.8, 4) is 34.5 Å². The molecule has 1 unspecified atom stereocenters. The summed E-state index contributed by atoms with van der Waals surface area (Å²) in [5.41, 5.74) is 7.97. The number of aryl methyl sites for hydroxylation is 4. The summed E-state index contributed by atoms with van der Waals surface area (Å²) in [5.74, 6) is -1.40. The highest BCUT2D eigenvalue weighted by molar-refractivity contribution is 5.79. The summed E-state index contributed by atoms with van der Waals surface area (Å²) in [6.45, 7) is 8.66. The Morgan fingerprint density at radius 2 is 0.839 bits per heavy atom. The molecule has 0 bridgehead atoms. The highest BCUT2D eigenvalue weighted by Gasteiger charge is 2.27. The van der Waals surface area contributed by atoms with E-state index in [1.165, 1.54) is 33.5 Å². The van der Waals surface area contributed by atoms with Crippen molar-refractivity contribution in [2.45, 2.75) is 52.9 Å². The van der Waals surface area contributed by atoms with Crippen LogP contribution in [-0.4, -0.2) is 81.7 Å². The number of Topliss-reactive ketones (excluding diaryl/α,β-unsaturated/α-hetero) is 1. The van der Waals surface area contributed by atoms with Gasteiger partial charge in [0.05, 0.1) is 21.3 Å². The SMILES string of the molecule is CCC(=O)COc1cc(C)c(C(c2ccc(C(c3ccc(OCC(=O)OC)cc3O)c3ccc(OCC(=O)OC)cc3O)cc2)c2cc(C)c(OCC(=O)OC)cc2C)cc1C. The number of esters is 3. The third kappa shape index (κ3) is 11.2. The average Bonchev–Trinajstić information content (AvgIpc) is 3.27. The van der Waals surface area contributed by atoms with Crippen molar-refractivity contribution in [1.29, 1.82) is 0 Å². The summed E-state index contributed by atoms with van der Waals surface area (Å²) in [6.07, 6.45) is 0.375. The predicted molar refractivity (Wildman–Crippen MR) is 230 cm³/mol. The molecule has 13 heteroatoms. The molecule has 0 fully saturated rings. The molecule has 13 nitrogen and oxygen atoms in total. The van der Waals surface area contributed by atoms with E-state index >= 15 is 0 Å². The molecule has 5 rings (SSSR count). The first-order valence-corrected chi connectivity index (χ1v) is 19.9. The molecule has 62 heavy (non-hydrogen) atoms. The first-order valence-electron chi connectivity index (χ1n) is 19.9. The molecule has 0 saturated carbocycles. The van der Waals surface area contributed by atoms with E-state index in [4.69, 9.17) is 23.7 Å². The van der Waals surface area contributed by atoms with Crippen molar-refractivity contribution in [1.82, 2.24) is 0 Å². The lowest BCUT2D eigenvalue weighted by molar-refractivity contribution is -0.143. The molecule has 0 radical (unpaired) electrons. The van der Waals surface area contributed by atoms with E-state index in [1.807, 2.05) is 70.2 Å². The number of carbonyl (C=O) groups excluding carboxylic acids is 4. The molecule has 5 aromatic carbocycles. The van der Waals surface area contributed by atoms with Crippen LogP contribution >= 0.6 is 0 Å². The summed E-state index contributed by atoms with van der Waals surface area (Å²) in [7, 11) is 3.80. The summed E-state index contributed by atoms with van der Waals surface area (Å²) in [4.78, 5) is 47.5. The van der Waals surface area contributed by atoms with E-state index in [0.29, 0.717) is 34.6 Å². The molecule has 5 aromatic rings. The Morgan fingerprint density at radius 3 is 1.21 bits per heavy atom. The maximum atomic E-state index is 12.1. The van der Waals surface area contributed by atoms with Gasteiger partial charge in [-0.15, -0.1) is 0 Å². The third-order valence-corrected chi connectivity index (χ3v) is 10.5. The lowest BCUT2D eigenvalue weighted by Crippen LogP contribution is -2.14. The first kappa shape index (κ1) is 46.1. The predicted octanol–water partition coefficient (Wildman–Crippen LogP) is 7.71. The molecule has 0 aliphatic rings. The van der Waals surface area contributed by atoms with Crippen molar-refractivity contribution in [2.75, 3.05) is 47.8 Å². The van der Waals surface area contributed by atoms with Gasteiger partial charge in [0.2, 0.25) is 0 Å². The lowest BCUT2D eigenvalue weighted by atomic mass is 9.78. The summed E-state index contributed by atoms with van der Waals surface area (Å²) in [6, 6.07) is 25.2. The van der Waals surface area contributed by atoms with Crippen LogP contribution in [0.3, 0.4) is 0 Å². The molecule has 326 valence electrons. The molecule has 0 aliphatic carbocycles. The van der Waals surface area contributed by atoms with Crippen LogP contribution in [0.4, 0.5) is 0 Å². The Kier molecular flexibility index (Phi) is 15.6. The second-order valence-corrected chi connectivity index (χ2v) is 14.7. The number of hydrogen-bond donors (Lipinski definition) is 2. The number of ketones is 1.